The zero-order chi connectivity index (χ0) is 36.9. The van der Waals surface area contributed by atoms with Gasteiger partial charge in [0.1, 0.15) is 18.2 Å². The van der Waals surface area contributed by atoms with Gasteiger partial charge in [0, 0.05) is 35.4 Å². The molecule has 0 spiro atoms. The van der Waals surface area contributed by atoms with Gasteiger partial charge in [-0.15, -0.1) is 0 Å². The van der Waals surface area contributed by atoms with Crippen molar-refractivity contribution in [3.05, 3.63) is 88.6 Å². The predicted molar refractivity (Wildman–Crippen MR) is 198 cm³/mol. The third-order valence-corrected chi connectivity index (χ3v) is 10.3. The van der Waals surface area contributed by atoms with Crippen molar-refractivity contribution < 1.29 is 23.4 Å². The molecule has 52 heavy (non-hydrogen) atoms. The first-order chi connectivity index (χ1) is 24.9. The number of nitrogens with zero attached hydrogens (tertiary/aromatic N) is 5. The molecule has 11 heteroatoms. The van der Waals surface area contributed by atoms with E-state index >= 15 is 0 Å². The van der Waals surface area contributed by atoms with E-state index in [0.717, 1.165) is 74.4 Å². The number of hydrogen-bond donors (Lipinski definition) is 1. The van der Waals surface area contributed by atoms with Gasteiger partial charge in [-0.2, -0.15) is 5.26 Å². The van der Waals surface area contributed by atoms with Crippen LogP contribution in [0, 0.1) is 17.1 Å². The fourth-order valence-corrected chi connectivity index (χ4v) is 6.60. The molecular weight excluding hydrogens is 659 g/mol. The van der Waals surface area contributed by atoms with E-state index in [4.69, 9.17) is 29.4 Å². The van der Waals surface area contributed by atoms with Crippen LogP contribution in [0.25, 0.3) is 11.0 Å². The number of benzene rings is 2. The van der Waals surface area contributed by atoms with Gasteiger partial charge in [0.25, 0.3) is 5.91 Å². The number of fused-ring (bicyclic) bond motifs is 1. The van der Waals surface area contributed by atoms with Crippen molar-refractivity contribution in [1.82, 2.24) is 24.8 Å². The molecule has 1 N–H and O–H groups in total. The van der Waals surface area contributed by atoms with Gasteiger partial charge in [-0.3, -0.25) is 9.69 Å². The number of amides is 1. The topological polar surface area (TPSA) is 115 Å². The molecule has 0 aliphatic carbocycles. The van der Waals surface area contributed by atoms with E-state index in [1.54, 1.807) is 18.2 Å². The van der Waals surface area contributed by atoms with Crippen LogP contribution in [-0.4, -0.2) is 68.9 Å². The quantitative estimate of drug-likeness (QED) is 0.145. The highest BCUT2D eigenvalue weighted by Gasteiger charge is 2.28. The summed E-state index contributed by atoms with van der Waals surface area (Å²) in [5, 5.41) is 12.2. The highest BCUT2D eigenvalue weighted by atomic mass is 19.1. The summed E-state index contributed by atoms with van der Waals surface area (Å²) in [6, 6.07) is 17.9. The number of aromatic nitrogens is 3. The Morgan fingerprint density at radius 3 is 2.63 bits per heavy atom. The zero-order valence-electron chi connectivity index (χ0n) is 31.1. The molecular formula is C41H51FN6O4. The minimum absolute atomic E-state index is 0.0377. The van der Waals surface area contributed by atoms with Crippen molar-refractivity contribution in [1.29, 1.82) is 5.26 Å². The normalized spacial score (nSPS) is 18.4. The molecule has 2 aliphatic heterocycles. The van der Waals surface area contributed by atoms with Crippen molar-refractivity contribution in [3.63, 3.8) is 0 Å². The number of carbonyl (C=O) groups is 1. The van der Waals surface area contributed by atoms with Gasteiger partial charge < -0.3 is 24.1 Å². The standard InChI is InChI=1S/C41H51FN6O4/c1-6-41(4,5)52-27-40(2,3)46-39(49)30-14-15-35-36(22-30)48(24-32-17-20-50-32)37(44-35)25-47-18-8-9-29(16-19-47)34-10-7-11-38(45-34)51-26-31-13-12-28(23-43)21-33(31)42/h7,10-15,21-22,29,32H,6,8-9,16-20,24-27H2,1-5H3,(H,46,49). The molecule has 4 heterocycles. The number of rotatable bonds is 14. The van der Waals surface area contributed by atoms with Gasteiger partial charge in [-0.1, -0.05) is 19.1 Å². The summed E-state index contributed by atoms with van der Waals surface area (Å²) in [4.78, 5) is 25.8. The summed E-state index contributed by atoms with van der Waals surface area (Å²) in [5.41, 5.74) is 3.24. The van der Waals surface area contributed by atoms with Crippen molar-refractivity contribution in [2.24, 2.45) is 0 Å². The number of halogens is 1. The van der Waals surface area contributed by atoms with E-state index < -0.39 is 11.4 Å². The minimum atomic E-state index is -0.538. The van der Waals surface area contributed by atoms with Gasteiger partial charge in [0.2, 0.25) is 5.88 Å². The number of likely N-dealkylation sites (tertiary alicyclic amines) is 1. The molecule has 2 saturated heterocycles. The maximum absolute atomic E-state index is 14.4. The highest BCUT2D eigenvalue weighted by molar-refractivity contribution is 5.97. The van der Waals surface area contributed by atoms with E-state index in [1.165, 1.54) is 6.07 Å². The molecule has 0 saturated carbocycles. The largest absolute Gasteiger partial charge is 0.473 e. The molecule has 6 rings (SSSR count). The molecule has 2 aromatic heterocycles. The average Bonchev–Trinajstić information content (AvgIpc) is 3.26. The Morgan fingerprint density at radius 1 is 1.08 bits per heavy atom. The second kappa shape index (κ2) is 16.1. The van der Waals surface area contributed by atoms with Crippen LogP contribution in [0.3, 0.4) is 0 Å². The first kappa shape index (κ1) is 37.4. The predicted octanol–water partition coefficient (Wildman–Crippen LogP) is 7.29. The van der Waals surface area contributed by atoms with E-state index in [9.17, 15) is 9.18 Å². The van der Waals surface area contributed by atoms with Crippen LogP contribution in [0.2, 0.25) is 0 Å². The highest BCUT2D eigenvalue weighted by Crippen LogP contribution is 2.30. The van der Waals surface area contributed by atoms with E-state index in [0.29, 0.717) is 36.7 Å². The van der Waals surface area contributed by atoms with Gasteiger partial charge >= 0.3 is 0 Å². The third kappa shape index (κ3) is 9.34. The number of hydrogen-bond acceptors (Lipinski definition) is 8. The lowest BCUT2D eigenvalue weighted by Crippen LogP contribution is -2.48. The lowest BCUT2D eigenvalue weighted by molar-refractivity contribution is -0.0592. The van der Waals surface area contributed by atoms with E-state index in [1.807, 2.05) is 50.2 Å². The Labute approximate surface area is 306 Å². The fraction of sp³-hybridized carbons (Fsp3) is 0.512. The summed E-state index contributed by atoms with van der Waals surface area (Å²) in [6.07, 6.45) is 4.97. The van der Waals surface area contributed by atoms with Crippen molar-refractivity contribution in [3.8, 4) is 11.9 Å². The Morgan fingerprint density at radius 2 is 1.90 bits per heavy atom. The number of imidazole rings is 1. The Hall–Kier alpha value is -4.37. The molecule has 1 amide bonds. The SMILES string of the molecule is CCC(C)(C)OCC(C)(C)NC(=O)c1ccc2nc(CN3CCCC(c4cccc(OCc5ccc(C#N)cc5F)n4)CC3)n(CC3CCO3)c2c1. The summed E-state index contributed by atoms with van der Waals surface area (Å²) in [5.74, 6) is 1.10. The van der Waals surface area contributed by atoms with E-state index in [2.05, 4.69) is 35.6 Å². The molecule has 276 valence electrons. The summed E-state index contributed by atoms with van der Waals surface area (Å²) < 4.78 is 34.5. The van der Waals surface area contributed by atoms with Crippen molar-refractivity contribution in [2.75, 3.05) is 26.3 Å². The van der Waals surface area contributed by atoms with Gasteiger partial charge in [-0.05, 0) is 109 Å². The lowest BCUT2D eigenvalue weighted by Gasteiger charge is -2.32. The Kier molecular flexibility index (Phi) is 11.6. The summed E-state index contributed by atoms with van der Waals surface area (Å²) in [7, 11) is 0. The first-order valence-corrected chi connectivity index (χ1v) is 18.5. The third-order valence-electron chi connectivity index (χ3n) is 10.3. The number of nitrogens with one attached hydrogen (secondary N) is 1. The van der Waals surface area contributed by atoms with Gasteiger partial charge in [0.05, 0.1) is 59.6 Å². The number of nitriles is 1. The fourth-order valence-electron chi connectivity index (χ4n) is 6.60. The Balaban J connectivity index is 1.12. The van der Waals surface area contributed by atoms with Crippen LogP contribution in [0.15, 0.2) is 54.6 Å². The molecule has 0 bridgehead atoms. The molecule has 2 unspecified atom stereocenters. The second-order valence-corrected chi connectivity index (χ2v) is 15.4. The first-order valence-electron chi connectivity index (χ1n) is 18.5. The van der Waals surface area contributed by atoms with Crippen LogP contribution in [0.1, 0.15) is 106 Å². The van der Waals surface area contributed by atoms with Crippen LogP contribution in [0.4, 0.5) is 4.39 Å². The second-order valence-electron chi connectivity index (χ2n) is 15.4. The Bertz CT molecular complexity index is 1910. The van der Waals surface area contributed by atoms with Crippen molar-refractivity contribution in [2.45, 2.75) is 110 Å². The molecule has 0 radical (unpaired) electrons. The van der Waals surface area contributed by atoms with Gasteiger partial charge in [0.15, 0.2) is 0 Å². The van der Waals surface area contributed by atoms with Gasteiger partial charge in [-0.25, -0.2) is 14.4 Å². The van der Waals surface area contributed by atoms with Crippen LogP contribution in [-0.2, 0) is 29.2 Å². The summed E-state index contributed by atoms with van der Waals surface area (Å²) in [6.45, 7) is 14.6. The lowest BCUT2D eigenvalue weighted by atomic mass is 9.96. The maximum atomic E-state index is 14.4. The van der Waals surface area contributed by atoms with E-state index in [-0.39, 0.29) is 35.7 Å². The average molecular weight is 711 g/mol. The van der Waals surface area contributed by atoms with Crippen LogP contribution in [0.5, 0.6) is 5.88 Å². The van der Waals surface area contributed by atoms with Crippen LogP contribution >= 0.6 is 0 Å². The molecule has 2 aromatic carbocycles. The number of carbonyl (C=O) groups excluding carboxylic acids is 1. The van der Waals surface area contributed by atoms with Crippen molar-refractivity contribution >= 4 is 16.9 Å². The summed E-state index contributed by atoms with van der Waals surface area (Å²) >= 11 is 0. The minimum Gasteiger partial charge on any atom is -0.473 e. The van der Waals surface area contributed by atoms with Crippen LogP contribution < -0.4 is 10.1 Å². The smallest absolute Gasteiger partial charge is 0.251 e. The molecule has 10 nitrogen and oxygen atoms in total. The molecule has 2 fully saturated rings. The maximum Gasteiger partial charge on any atom is 0.251 e. The number of pyridine rings is 1. The molecule has 2 aliphatic rings. The number of ether oxygens (including phenoxy) is 3. The zero-order valence-corrected chi connectivity index (χ0v) is 31.1. The molecule has 2 atom stereocenters. The molecule has 4 aromatic rings. The monoisotopic (exact) mass is 710 g/mol.